The van der Waals surface area contributed by atoms with Crippen LogP contribution in [0.5, 0.6) is 0 Å². The molecule has 1 aliphatic rings. The Bertz CT molecular complexity index is 81.8. The van der Waals surface area contributed by atoms with E-state index in [0.717, 1.165) is 13.1 Å². The van der Waals surface area contributed by atoms with E-state index in [0.29, 0.717) is 0 Å². The maximum atomic E-state index is 4.80. The lowest BCUT2D eigenvalue weighted by molar-refractivity contribution is -0.0501. The molecule has 1 aliphatic heterocycles. The van der Waals surface area contributed by atoms with Crippen molar-refractivity contribution in [2.75, 3.05) is 20.2 Å². The molecule has 40 valence electrons. The van der Waals surface area contributed by atoms with Gasteiger partial charge >= 0.3 is 0 Å². The van der Waals surface area contributed by atoms with Gasteiger partial charge in [0, 0.05) is 0 Å². The van der Waals surface area contributed by atoms with Crippen LogP contribution in [0.3, 0.4) is 0 Å². The smallest absolute Gasteiger partial charge is 0.110 e. The predicted molar refractivity (Wildman–Crippen MR) is 27.1 cm³/mol. The summed E-state index contributed by atoms with van der Waals surface area (Å²) in [6, 6.07) is 0. The van der Waals surface area contributed by atoms with Crippen LogP contribution in [0.15, 0.2) is 4.99 Å². The normalized spacial score (nSPS) is 18.7. The molecule has 0 radical (unpaired) electrons. The highest BCUT2D eigenvalue weighted by atomic mass is 16.7. The molecule has 0 saturated heterocycles. The Morgan fingerprint density at radius 2 is 2.71 bits per heavy atom. The summed E-state index contributed by atoms with van der Waals surface area (Å²) in [5, 5.41) is 1.69. The van der Waals surface area contributed by atoms with Crippen molar-refractivity contribution < 1.29 is 4.84 Å². The third kappa shape index (κ3) is 0.899. The van der Waals surface area contributed by atoms with Gasteiger partial charge in [-0.2, -0.15) is 0 Å². The summed E-state index contributed by atoms with van der Waals surface area (Å²) >= 11 is 0. The zero-order valence-electron chi connectivity index (χ0n) is 4.29. The first-order valence-electron chi connectivity index (χ1n) is 2.24. The van der Waals surface area contributed by atoms with Crippen LogP contribution in [0.1, 0.15) is 0 Å². The molecular weight excluding hydrogens is 92.1 g/mol. The third-order valence-electron chi connectivity index (χ3n) is 0.894. The molecule has 0 amide bonds. The number of hydrogen-bond acceptors (Lipinski definition) is 3. The highest BCUT2D eigenvalue weighted by molar-refractivity contribution is 5.55. The Morgan fingerprint density at radius 1 is 1.86 bits per heavy atom. The Morgan fingerprint density at radius 3 is 3.00 bits per heavy atom. The number of aliphatic imine (C=N–C) groups is 1. The molecule has 0 aromatic carbocycles. The Hall–Kier alpha value is -0.570. The first kappa shape index (κ1) is 4.59. The number of hydrogen-bond donors (Lipinski definition) is 0. The van der Waals surface area contributed by atoms with E-state index in [9.17, 15) is 0 Å². The highest BCUT2D eigenvalue weighted by Gasteiger charge is 2.00. The summed E-state index contributed by atoms with van der Waals surface area (Å²) in [4.78, 5) is 8.71. The van der Waals surface area contributed by atoms with Crippen LogP contribution in [0.25, 0.3) is 0 Å². The second kappa shape index (κ2) is 1.93. The third-order valence-corrected chi connectivity index (χ3v) is 0.894. The predicted octanol–water partition coefficient (Wildman–Crippen LogP) is -0.108. The molecule has 1 rings (SSSR count). The van der Waals surface area contributed by atoms with Crippen LogP contribution < -0.4 is 0 Å². The Balaban J connectivity index is 2.28. The van der Waals surface area contributed by atoms with Crippen molar-refractivity contribution in [1.82, 2.24) is 5.06 Å². The van der Waals surface area contributed by atoms with E-state index >= 15 is 0 Å². The largest absolute Gasteiger partial charge is 0.276 e. The zero-order chi connectivity index (χ0) is 5.11. The monoisotopic (exact) mass is 100 g/mol. The van der Waals surface area contributed by atoms with Gasteiger partial charge in [-0.25, -0.2) is 5.06 Å². The van der Waals surface area contributed by atoms with Crippen LogP contribution >= 0.6 is 0 Å². The van der Waals surface area contributed by atoms with E-state index in [-0.39, 0.29) is 0 Å². The SMILES string of the molecule is CON1C=NCC1. The fraction of sp³-hybridized carbons (Fsp3) is 0.750. The molecule has 0 saturated carbocycles. The average Bonchev–Trinajstić information content (AvgIpc) is 2.14. The molecule has 0 atom stereocenters. The summed E-state index contributed by atoms with van der Waals surface area (Å²) < 4.78 is 0. The van der Waals surface area contributed by atoms with Gasteiger partial charge in [-0.15, -0.1) is 0 Å². The van der Waals surface area contributed by atoms with Crippen molar-refractivity contribution in [3.8, 4) is 0 Å². The van der Waals surface area contributed by atoms with E-state index < -0.39 is 0 Å². The van der Waals surface area contributed by atoms with E-state index in [1.54, 1.807) is 18.5 Å². The van der Waals surface area contributed by atoms with Gasteiger partial charge in [-0.3, -0.25) is 9.83 Å². The second-order valence-corrected chi connectivity index (χ2v) is 1.34. The lowest BCUT2D eigenvalue weighted by Crippen LogP contribution is -2.17. The average molecular weight is 100 g/mol. The van der Waals surface area contributed by atoms with Gasteiger partial charge in [0.1, 0.15) is 6.34 Å². The number of nitrogens with zero attached hydrogens (tertiary/aromatic N) is 2. The van der Waals surface area contributed by atoms with Crippen molar-refractivity contribution in [3.05, 3.63) is 0 Å². The number of rotatable bonds is 1. The van der Waals surface area contributed by atoms with Gasteiger partial charge in [0.2, 0.25) is 0 Å². The maximum Gasteiger partial charge on any atom is 0.110 e. The lowest BCUT2D eigenvalue weighted by atomic mass is 10.7. The van der Waals surface area contributed by atoms with Gasteiger partial charge in [0.15, 0.2) is 0 Å². The van der Waals surface area contributed by atoms with E-state index in [2.05, 4.69) is 4.99 Å². The van der Waals surface area contributed by atoms with Crippen LogP contribution in [-0.2, 0) is 4.84 Å². The standard InChI is InChI=1S/C4H8N2O/c1-7-6-3-2-5-4-6/h4H,2-3H2,1H3. The first-order chi connectivity index (χ1) is 3.43. The molecule has 0 spiro atoms. The lowest BCUT2D eigenvalue weighted by Gasteiger charge is -2.06. The van der Waals surface area contributed by atoms with Gasteiger partial charge in [-0.05, 0) is 0 Å². The quantitative estimate of drug-likeness (QED) is 0.459. The van der Waals surface area contributed by atoms with Gasteiger partial charge < -0.3 is 0 Å². The molecule has 0 aliphatic carbocycles. The Labute approximate surface area is 42.6 Å². The fourth-order valence-electron chi connectivity index (χ4n) is 0.501. The van der Waals surface area contributed by atoms with Crippen LogP contribution in [-0.4, -0.2) is 31.6 Å². The minimum Gasteiger partial charge on any atom is -0.276 e. The molecule has 7 heavy (non-hydrogen) atoms. The fourth-order valence-corrected chi connectivity index (χ4v) is 0.501. The molecule has 0 bridgehead atoms. The van der Waals surface area contributed by atoms with E-state index in [1.807, 2.05) is 0 Å². The van der Waals surface area contributed by atoms with E-state index in [4.69, 9.17) is 4.84 Å². The van der Waals surface area contributed by atoms with Gasteiger partial charge in [-0.1, -0.05) is 0 Å². The second-order valence-electron chi connectivity index (χ2n) is 1.34. The molecule has 0 aromatic heterocycles. The van der Waals surface area contributed by atoms with Crippen LogP contribution in [0, 0.1) is 0 Å². The van der Waals surface area contributed by atoms with Crippen molar-refractivity contribution in [2.45, 2.75) is 0 Å². The molecule has 0 fully saturated rings. The molecule has 1 heterocycles. The summed E-state index contributed by atoms with van der Waals surface area (Å²) in [6.07, 6.45) is 1.69. The van der Waals surface area contributed by atoms with Crippen LogP contribution in [0.4, 0.5) is 0 Å². The minimum atomic E-state index is 0.869. The summed E-state index contributed by atoms with van der Waals surface area (Å²) in [6.45, 7) is 1.77. The summed E-state index contributed by atoms with van der Waals surface area (Å²) in [7, 11) is 1.64. The summed E-state index contributed by atoms with van der Waals surface area (Å²) in [5.74, 6) is 0. The number of hydroxylamine groups is 2. The molecule has 3 heteroatoms. The van der Waals surface area contributed by atoms with Gasteiger partial charge in [0.05, 0.1) is 20.2 Å². The van der Waals surface area contributed by atoms with Crippen LogP contribution in [0.2, 0.25) is 0 Å². The summed E-state index contributed by atoms with van der Waals surface area (Å²) in [5.41, 5.74) is 0. The van der Waals surface area contributed by atoms with Crippen molar-refractivity contribution >= 4 is 6.34 Å². The minimum absolute atomic E-state index is 0.869. The van der Waals surface area contributed by atoms with E-state index in [1.165, 1.54) is 0 Å². The maximum absolute atomic E-state index is 4.80. The molecule has 0 aromatic rings. The molecule has 0 unspecified atom stereocenters. The van der Waals surface area contributed by atoms with Gasteiger partial charge in [0.25, 0.3) is 0 Å². The zero-order valence-corrected chi connectivity index (χ0v) is 4.29. The van der Waals surface area contributed by atoms with Crippen molar-refractivity contribution in [1.29, 1.82) is 0 Å². The molecule has 3 nitrogen and oxygen atoms in total. The Kier molecular flexibility index (Phi) is 1.26. The van der Waals surface area contributed by atoms with Crippen molar-refractivity contribution in [3.63, 3.8) is 0 Å². The first-order valence-corrected chi connectivity index (χ1v) is 2.24. The topological polar surface area (TPSA) is 24.8 Å². The molecule has 0 N–H and O–H groups in total. The molecular formula is C4H8N2O. The highest BCUT2D eigenvalue weighted by Crippen LogP contribution is 1.89. The van der Waals surface area contributed by atoms with Crippen molar-refractivity contribution in [2.24, 2.45) is 4.99 Å².